The molecule has 4 heteroatoms. The van der Waals surface area contributed by atoms with Gasteiger partial charge in [-0.15, -0.1) is 0 Å². The van der Waals surface area contributed by atoms with Crippen LogP contribution in [0.4, 0.5) is 5.82 Å². The van der Waals surface area contributed by atoms with Gasteiger partial charge in [0.25, 0.3) is 0 Å². The molecule has 0 atom stereocenters. The van der Waals surface area contributed by atoms with Crippen molar-refractivity contribution in [3.63, 3.8) is 0 Å². The fourth-order valence-corrected chi connectivity index (χ4v) is 2.47. The SMILES string of the molecule is CC(C)Cc1nc(-c2ccnc(N)c2)cc2cnccc12. The van der Waals surface area contributed by atoms with E-state index in [1.54, 1.807) is 6.20 Å². The average Bonchev–Trinajstić information content (AvgIpc) is 2.46. The third-order valence-corrected chi connectivity index (χ3v) is 3.39. The van der Waals surface area contributed by atoms with Gasteiger partial charge in [0.1, 0.15) is 5.82 Å². The van der Waals surface area contributed by atoms with Gasteiger partial charge in [-0.1, -0.05) is 13.8 Å². The molecule has 3 aromatic heterocycles. The number of anilines is 1. The summed E-state index contributed by atoms with van der Waals surface area (Å²) in [7, 11) is 0. The lowest BCUT2D eigenvalue weighted by Crippen LogP contribution is -2.01. The van der Waals surface area contributed by atoms with Gasteiger partial charge in [-0.3, -0.25) is 9.97 Å². The Morgan fingerprint density at radius 1 is 1.14 bits per heavy atom. The first-order valence-corrected chi connectivity index (χ1v) is 7.09. The van der Waals surface area contributed by atoms with E-state index in [4.69, 9.17) is 10.7 Å². The summed E-state index contributed by atoms with van der Waals surface area (Å²) in [6.07, 6.45) is 6.35. The van der Waals surface area contributed by atoms with Crippen molar-refractivity contribution in [2.45, 2.75) is 20.3 Å². The third kappa shape index (κ3) is 2.84. The molecule has 21 heavy (non-hydrogen) atoms. The standard InChI is InChI=1S/C17H18N4/c1-11(2)7-16-14-4-5-19-10-13(14)8-15(21-16)12-3-6-20-17(18)9-12/h3-6,8-11H,7H2,1-2H3,(H2,18,20). The molecule has 4 nitrogen and oxygen atoms in total. The number of rotatable bonds is 3. The third-order valence-electron chi connectivity index (χ3n) is 3.39. The Balaban J connectivity index is 2.20. The molecular weight excluding hydrogens is 260 g/mol. The lowest BCUT2D eigenvalue weighted by molar-refractivity contribution is 0.639. The Bertz CT molecular complexity index is 781. The van der Waals surface area contributed by atoms with E-state index in [1.807, 2.05) is 30.6 Å². The van der Waals surface area contributed by atoms with Crippen LogP contribution in [0.3, 0.4) is 0 Å². The summed E-state index contributed by atoms with van der Waals surface area (Å²) in [5.41, 5.74) is 8.78. The van der Waals surface area contributed by atoms with Crippen LogP contribution in [-0.2, 0) is 6.42 Å². The van der Waals surface area contributed by atoms with Crippen molar-refractivity contribution in [1.82, 2.24) is 15.0 Å². The molecule has 0 aromatic carbocycles. The number of nitrogen functional groups attached to an aromatic ring is 1. The number of aromatic nitrogens is 3. The Morgan fingerprint density at radius 2 is 2.00 bits per heavy atom. The van der Waals surface area contributed by atoms with Gasteiger partial charge in [-0.05, 0) is 36.6 Å². The number of hydrogen-bond donors (Lipinski definition) is 1. The molecule has 106 valence electrons. The normalized spacial score (nSPS) is 11.2. The molecule has 0 unspecified atom stereocenters. The van der Waals surface area contributed by atoms with E-state index < -0.39 is 0 Å². The number of nitrogens with two attached hydrogens (primary N) is 1. The smallest absolute Gasteiger partial charge is 0.123 e. The van der Waals surface area contributed by atoms with Crippen LogP contribution in [0, 0.1) is 5.92 Å². The fourth-order valence-electron chi connectivity index (χ4n) is 2.47. The van der Waals surface area contributed by atoms with Gasteiger partial charge < -0.3 is 5.73 Å². The average molecular weight is 278 g/mol. The molecule has 3 aromatic rings. The van der Waals surface area contributed by atoms with Crippen LogP contribution < -0.4 is 5.73 Å². The minimum absolute atomic E-state index is 0.506. The predicted octanol–water partition coefficient (Wildman–Crippen LogP) is 3.47. The van der Waals surface area contributed by atoms with Gasteiger partial charge in [0, 0.05) is 40.6 Å². The lowest BCUT2D eigenvalue weighted by Gasteiger charge is -2.11. The zero-order valence-electron chi connectivity index (χ0n) is 12.2. The largest absolute Gasteiger partial charge is 0.384 e. The summed E-state index contributed by atoms with van der Waals surface area (Å²) in [5, 5.41) is 2.28. The van der Waals surface area contributed by atoms with Gasteiger partial charge in [0.2, 0.25) is 0 Å². The van der Waals surface area contributed by atoms with Crippen LogP contribution in [0.2, 0.25) is 0 Å². The molecule has 0 saturated heterocycles. The highest BCUT2D eigenvalue weighted by Gasteiger charge is 2.09. The molecule has 3 heterocycles. The summed E-state index contributed by atoms with van der Waals surface area (Å²) >= 11 is 0. The number of nitrogens with zero attached hydrogens (tertiary/aromatic N) is 3. The second kappa shape index (κ2) is 5.48. The van der Waals surface area contributed by atoms with Crippen molar-refractivity contribution in [2.75, 3.05) is 5.73 Å². The number of hydrogen-bond acceptors (Lipinski definition) is 4. The highest BCUT2D eigenvalue weighted by molar-refractivity contribution is 5.87. The first-order valence-electron chi connectivity index (χ1n) is 7.09. The van der Waals surface area contributed by atoms with E-state index >= 15 is 0 Å². The van der Waals surface area contributed by atoms with Crippen LogP contribution in [0.25, 0.3) is 22.0 Å². The number of fused-ring (bicyclic) bond motifs is 1. The highest BCUT2D eigenvalue weighted by Crippen LogP contribution is 2.26. The van der Waals surface area contributed by atoms with Crippen molar-refractivity contribution in [3.8, 4) is 11.3 Å². The fraction of sp³-hybridized carbons (Fsp3) is 0.235. The lowest BCUT2D eigenvalue weighted by atomic mass is 10.0. The summed E-state index contributed by atoms with van der Waals surface area (Å²) in [5.74, 6) is 1.05. The number of pyridine rings is 3. The molecule has 0 aliphatic heterocycles. The highest BCUT2D eigenvalue weighted by atomic mass is 14.8. The first-order chi connectivity index (χ1) is 10.1. The van der Waals surface area contributed by atoms with E-state index in [0.29, 0.717) is 11.7 Å². The molecule has 0 aliphatic carbocycles. The predicted molar refractivity (Wildman–Crippen MR) is 85.7 cm³/mol. The Morgan fingerprint density at radius 3 is 2.76 bits per heavy atom. The maximum Gasteiger partial charge on any atom is 0.123 e. The van der Waals surface area contributed by atoms with Gasteiger partial charge in [-0.25, -0.2) is 4.98 Å². The van der Waals surface area contributed by atoms with Crippen molar-refractivity contribution in [1.29, 1.82) is 0 Å². The van der Waals surface area contributed by atoms with Gasteiger partial charge >= 0.3 is 0 Å². The molecule has 0 radical (unpaired) electrons. The summed E-state index contributed by atoms with van der Waals surface area (Å²) < 4.78 is 0. The maximum atomic E-state index is 5.78. The Hall–Kier alpha value is -2.49. The molecule has 0 aliphatic rings. The van der Waals surface area contributed by atoms with Gasteiger partial charge in [0.05, 0.1) is 5.69 Å². The van der Waals surface area contributed by atoms with Crippen molar-refractivity contribution < 1.29 is 0 Å². The van der Waals surface area contributed by atoms with Crippen LogP contribution >= 0.6 is 0 Å². The molecule has 3 rings (SSSR count). The van der Waals surface area contributed by atoms with Crippen LogP contribution in [0.15, 0.2) is 42.9 Å². The zero-order valence-corrected chi connectivity index (χ0v) is 12.2. The summed E-state index contributed by atoms with van der Waals surface area (Å²) in [4.78, 5) is 13.1. The second-order valence-electron chi connectivity index (χ2n) is 5.62. The van der Waals surface area contributed by atoms with E-state index in [2.05, 4.69) is 29.9 Å². The van der Waals surface area contributed by atoms with Crippen molar-refractivity contribution >= 4 is 16.6 Å². The first kappa shape index (κ1) is 13.5. The van der Waals surface area contributed by atoms with E-state index in [-0.39, 0.29) is 0 Å². The van der Waals surface area contributed by atoms with Crippen LogP contribution in [0.1, 0.15) is 19.5 Å². The van der Waals surface area contributed by atoms with Gasteiger partial charge in [-0.2, -0.15) is 0 Å². The van der Waals surface area contributed by atoms with E-state index in [0.717, 1.165) is 28.8 Å². The van der Waals surface area contributed by atoms with Crippen LogP contribution in [-0.4, -0.2) is 15.0 Å². The molecule has 0 bridgehead atoms. The molecule has 0 amide bonds. The Kier molecular flexibility index (Phi) is 3.52. The van der Waals surface area contributed by atoms with Gasteiger partial charge in [0.15, 0.2) is 0 Å². The maximum absolute atomic E-state index is 5.78. The molecule has 0 spiro atoms. The Labute approximate surface area is 124 Å². The van der Waals surface area contributed by atoms with Crippen molar-refractivity contribution in [2.24, 2.45) is 5.92 Å². The summed E-state index contributed by atoms with van der Waals surface area (Å²) in [6.45, 7) is 4.40. The molecule has 2 N–H and O–H groups in total. The minimum atomic E-state index is 0.506. The van der Waals surface area contributed by atoms with E-state index in [1.165, 1.54) is 5.39 Å². The molecular formula is C17H18N4. The van der Waals surface area contributed by atoms with Crippen molar-refractivity contribution in [3.05, 3.63) is 48.5 Å². The topological polar surface area (TPSA) is 64.7 Å². The zero-order chi connectivity index (χ0) is 14.8. The van der Waals surface area contributed by atoms with Crippen LogP contribution in [0.5, 0.6) is 0 Å². The monoisotopic (exact) mass is 278 g/mol. The summed E-state index contributed by atoms with van der Waals surface area (Å²) in [6, 6.07) is 7.87. The second-order valence-corrected chi connectivity index (χ2v) is 5.62. The minimum Gasteiger partial charge on any atom is -0.384 e. The quantitative estimate of drug-likeness (QED) is 0.796. The molecule has 0 fully saturated rings. The van der Waals surface area contributed by atoms with E-state index in [9.17, 15) is 0 Å². The molecule has 0 saturated carbocycles.